The molecule has 0 radical (unpaired) electrons. The van der Waals surface area contributed by atoms with Gasteiger partial charge < -0.3 is 15.1 Å². The van der Waals surface area contributed by atoms with Crippen molar-refractivity contribution in [3.05, 3.63) is 27.1 Å². The first kappa shape index (κ1) is 20.6. The number of hydrogen-bond acceptors (Lipinski definition) is 6. The molecule has 2 fully saturated rings. The van der Waals surface area contributed by atoms with Crippen molar-refractivity contribution in [1.82, 2.24) is 15.1 Å². The summed E-state index contributed by atoms with van der Waals surface area (Å²) in [6.07, 6.45) is 2.42. The normalized spacial score (nSPS) is 22.3. The number of thiophene rings is 1. The second-order valence-electron chi connectivity index (χ2n) is 6.55. The van der Waals surface area contributed by atoms with Crippen LogP contribution < -0.4 is 5.32 Å². The van der Waals surface area contributed by atoms with Gasteiger partial charge in [-0.3, -0.25) is 19.7 Å². The summed E-state index contributed by atoms with van der Waals surface area (Å²) in [5, 5.41) is 13.9. The van der Waals surface area contributed by atoms with Crippen molar-refractivity contribution < 1.29 is 14.5 Å². The fourth-order valence-corrected chi connectivity index (χ4v) is 4.42. The molecule has 26 heavy (non-hydrogen) atoms. The van der Waals surface area contributed by atoms with Gasteiger partial charge in [0.05, 0.1) is 9.80 Å². The van der Waals surface area contributed by atoms with E-state index in [0.717, 1.165) is 43.8 Å². The Hall–Kier alpha value is -1.71. The zero-order chi connectivity index (χ0) is 18.0. The molecule has 3 rings (SSSR count). The van der Waals surface area contributed by atoms with Crippen LogP contribution in [0.2, 0.25) is 0 Å². The lowest BCUT2D eigenvalue weighted by Gasteiger charge is -2.27. The van der Waals surface area contributed by atoms with Crippen LogP contribution in [-0.2, 0) is 4.79 Å². The van der Waals surface area contributed by atoms with Gasteiger partial charge in [-0.2, -0.15) is 0 Å². The van der Waals surface area contributed by atoms with E-state index in [9.17, 15) is 19.7 Å². The summed E-state index contributed by atoms with van der Waals surface area (Å²) >= 11 is 0.865. The minimum Gasteiger partial charge on any atom is -0.341 e. The molecule has 1 aromatic heterocycles. The summed E-state index contributed by atoms with van der Waals surface area (Å²) < 4.78 is 0. The van der Waals surface area contributed by atoms with Gasteiger partial charge in [0.25, 0.3) is 5.91 Å². The van der Waals surface area contributed by atoms with Crippen molar-refractivity contribution >= 4 is 40.6 Å². The minimum absolute atomic E-state index is 0. The van der Waals surface area contributed by atoms with E-state index in [0.29, 0.717) is 23.8 Å². The van der Waals surface area contributed by atoms with Gasteiger partial charge in [0, 0.05) is 25.7 Å². The van der Waals surface area contributed by atoms with Crippen molar-refractivity contribution in [2.45, 2.75) is 25.3 Å². The van der Waals surface area contributed by atoms with Crippen LogP contribution in [0.15, 0.2) is 12.1 Å². The van der Waals surface area contributed by atoms with Gasteiger partial charge in [0.2, 0.25) is 5.91 Å². The van der Waals surface area contributed by atoms with Gasteiger partial charge in [-0.1, -0.05) is 11.3 Å². The highest BCUT2D eigenvalue weighted by molar-refractivity contribution is 7.17. The third-order valence-electron chi connectivity index (χ3n) is 4.87. The topological polar surface area (TPSA) is 95.8 Å². The van der Waals surface area contributed by atoms with E-state index < -0.39 is 11.0 Å². The van der Waals surface area contributed by atoms with Gasteiger partial charge >= 0.3 is 5.00 Å². The Labute approximate surface area is 162 Å². The number of nitrogens with zero attached hydrogens (tertiary/aromatic N) is 3. The maximum atomic E-state index is 12.9. The van der Waals surface area contributed by atoms with Gasteiger partial charge in [-0.25, -0.2) is 0 Å². The number of likely N-dealkylation sites (tertiary alicyclic amines) is 2. The van der Waals surface area contributed by atoms with E-state index in [-0.39, 0.29) is 29.2 Å². The van der Waals surface area contributed by atoms with Crippen LogP contribution in [0.5, 0.6) is 0 Å². The average molecular weight is 403 g/mol. The molecule has 2 aliphatic heterocycles. The summed E-state index contributed by atoms with van der Waals surface area (Å²) in [7, 11) is 1.90. The molecule has 2 amide bonds. The largest absolute Gasteiger partial charge is 0.341 e. The van der Waals surface area contributed by atoms with Gasteiger partial charge in [0.15, 0.2) is 0 Å². The van der Waals surface area contributed by atoms with E-state index >= 15 is 0 Å². The molecule has 3 heterocycles. The highest BCUT2D eigenvalue weighted by atomic mass is 35.5. The van der Waals surface area contributed by atoms with Crippen LogP contribution >= 0.6 is 23.7 Å². The second kappa shape index (κ2) is 8.79. The molecule has 0 spiro atoms. The van der Waals surface area contributed by atoms with E-state index in [1.54, 1.807) is 4.90 Å². The van der Waals surface area contributed by atoms with E-state index in [4.69, 9.17) is 0 Å². The van der Waals surface area contributed by atoms with Crippen molar-refractivity contribution in [2.75, 3.05) is 33.2 Å². The van der Waals surface area contributed by atoms with Crippen LogP contribution in [0.25, 0.3) is 0 Å². The Morgan fingerprint density at radius 3 is 2.77 bits per heavy atom. The molecule has 0 bridgehead atoms. The van der Waals surface area contributed by atoms with Gasteiger partial charge in [-0.15, -0.1) is 12.4 Å². The predicted molar refractivity (Wildman–Crippen MR) is 101 cm³/mol. The molecule has 2 saturated heterocycles. The number of nitrogens with one attached hydrogen (secondary N) is 1. The van der Waals surface area contributed by atoms with Gasteiger partial charge in [0.1, 0.15) is 6.04 Å². The molecule has 144 valence electrons. The third-order valence-corrected chi connectivity index (χ3v) is 5.90. The van der Waals surface area contributed by atoms with Crippen molar-refractivity contribution in [3.8, 4) is 0 Å². The van der Waals surface area contributed by atoms with E-state index in [2.05, 4.69) is 5.32 Å². The van der Waals surface area contributed by atoms with Crippen LogP contribution in [0.3, 0.4) is 0 Å². The third kappa shape index (κ3) is 4.16. The molecule has 2 atom stereocenters. The lowest BCUT2D eigenvalue weighted by molar-refractivity contribution is -0.380. The molecular formula is C16H23ClN4O4S. The van der Waals surface area contributed by atoms with E-state index in [1.165, 1.54) is 12.1 Å². The Kier molecular flexibility index (Phi) is 6.96. The van der Waals surface area contributed by atoms with Crippen LogP contribution in [0.1, 0.15) is 28.9 Å². The molecule has 0 aromatic carbocycles. The first-order valence-electron chi connectivity index (χ1n) is 8.50. The molecule has 2 aliphatic rings. The number of halogens is 1. The molecular weight excluding hydrogens is 380 g/mol. The fourth-order valence-electron chi connectivity index (χ4n) is 3.65. The molecule has 8 nitrogen and oxygen atoms in total. The summed E-state index contributed by atoms with van der Waals surface area (Å²) in [5.74, 6) is 0.190. The summed E-state index contributed by atoms with van der Waals surface area (Å²) in [6, 6.07) is 2.37. The maximum Gasteiger partial charge on any atom is 0.324 e. The first-order valence-corrected chi connectivity index (χ1v) is 9.31. The minimum atomic E-state index is -0.500. The van der Waals surface area contributed by atoms with Gasteiger partial charge in [-0.05, 0) is 44.8 Å². The first-order chi connectivity index (χ1) is 12.0. The zero-order valence-corrected chi connectivity index (χ0v) is 16.2. The number of rotatable bonds is 5. The zero-order valence-electron chi connectivity index (χ0n) is 14.6. The molecule has 2 unspecified atom stereocenters. The molecule has 10 heteroatoms. The van der Waals surface area contributed by atoms with Crippen molar-refractivity contribution in [2.24, 2.45) is 5.92 Å². The highest BCUT2D eigenvalue weighted by Gasteiger charge is 2.39. The summed E-state index contributed by atoms with van der Waals surface area (Å²) in [5.41, 5.74) is 0. The highest BCUT2D eigenvalue weighted by Crippen LogP contribution is 2.29. The fraction of sp³-hybridized carbons (Fsp3) is 0.625. The van der Waals surface area contributed by atoms with E-state index in [1.807, 2.05) is 11.9 Å². The maximum absolute atomic E-state index is 12.9. The number of amides is 2. The SMILES string of the molecule is CNCC1CCN(C(=O)C2CCCN2C(=O)c2ccc([N+](=O)[O-])s2)C1.Cl. The van der Waals surface area contributed by atoms with Crippen molar-refractivity contribution in [1.29, 1.82) is 0 Å². The lowest BCUT2D eigenvalue weighted by Crippen LogP contribution is -2.47. The van der Waals surface area contributed by atoms with Crippen LogP contribution in [0.4, 0.5) is 5.00 Å². The predicted octanol–water partition coefficient (Wildman–Crippen LogP) is 1.75. The Balaban J connectivity index is 0.00000243. The van der Waals surface area contributed by atoms with Crippen LogP contribution in [0, 0.1) is 16.0 Å². The Morgan fingerprint density at radius 1 is 1.35 bits per heavy atom. The molecule has 0 saturated carbocycles. The van der Waals surface area contributed by atoms with Crippen LogP contribution in [-0.4, -0.2) is 65.8 Å². The lowest BCUT2D eigenvalue weighted by atomic mass is 10.1. The number of carbonyl (C=O) groups is 2. The second-order valence-corrected chi connectivity index (χ2v) is 7.61. The average Bonchev–Trinajstić information content (AvgIpc) is 3.33. The number of nitro groups is 1. The number of carbonyl (C=O) groups excluding carboxylic acids is 2. The standard InChI is InChI=1S/C16H22N4O4S.ClH/c1-17-9-11-6-8-18(10-11)15(21)12-3-2-7-19(12)16(22)13-4-5-14(25-13)20(23)24;/h4-5,11-12,17H,2-3,6-10H2,1H3;1H. The molecule has 1 N–H and O–H groups in total. The summed E-state index contributed by atoms with van der Waals surface area (Å²) in [6.45, 7) is 2.86. The quantitative estimate of drug-likeness (QED) is 0.598. The molecule has 0 aliphatic carbocycles. The smallest absolute Gasteiger partial charge is 0.324 e. The van der Waals surface area contributed by atoms with Crippen molar-refractivity contribution in [3.63, 3.8) is 0 Å². The number of hydrogen-bond donors (Lipinski definition) is 1. The molecule has 1 aromatic rings. The Bertz CT molecular complexity index is 683. The monoisotopic (exact) mass is 402 g/mol. The summed E-state index contributed by atoms with van der Waals surface area (Å²) in [4.78, 5) is 39.7. The Morgan fingerprint density at radius 2 is 2.12 bits per heavy atom.